The van der Waals surface area contributed by atoms with Gasteiger partial charge in [-0.2, -0.15) is 0 Å². The Bertz CT molecular complexity index is 913. The van der Waals surface area contributed by atoms with E-state index in [0.29, 0.717) is 30.7 Å². The van der Waals surface area contributed by atoms with Gasteiger partial charge in [-0.1, -0.05) is 60.1 Å². The largest absolute Gasteiger partial charge is 0.351 e. The van der Waals surface area contributed by atoms with Crippen molar-refractivity contribution < 1.29 is 9.59 Å². The van der Waals surface area contributed by atoms with Crippen molar-refractivity contribution in [3.63, 3.8) is 0 Å². The Kier molecular flexibility index (Phi) is 8.24. The van der Waals surface area contributed by atoms with Crippen LogP contribution in [0.3, 0.4) is 0 Å². The molecule has 2 unspecified atom stereocenters. The predicted molar refractivity (Wildman–Crippen MR) is 123 cm³/mol. The summed E-state index contributed by atoms with van der Waals surface area (Å²) in [6.07, 6.45) is 7.72. The van der Waals surface area contributed by atoms with Crippen molar-refractivity contribution in [3.05, 3.63) is 70.7 Å². The lowest BCUT2D eigenvalue weighted by Crippen LogP contribution is -2.55. The number of carbonyl (C=O) groups is 2. The summed E-state index contributed by atoms with van der Waals surface area (Å²) in [5, 5.41) is 3.76. The second-order valence-electron chi connectivity index (χ2n) is 7.28. The van der Waals surface area contributed by atoms with Crippen LogP contribution in [0.25, 0.3) is 0 Å². The van der Waals surface area contributed by atoms with Crippen LogP contribution in [0.5, 0.6) is 0 Å². The van der Waals surface area contributed by atoms with E-state index in [1.165, 1.54) is 5.56 Å². The van der Waals surface area contributed by atoms with E-state index in [0.717, 1.165) is 11.3 Å². The highest BCUT2D eigenvalue weighted by Crippen LogP contribution is 2.31. The molecule has 1 N–H and O–H groups in total. The van der Waals surface area contributed by atoms with E-state index < -0.39 is 0 Å². The van der Waals surface area contributed by atoms with Crippen LogP contribution in [0.2, 0.25) is 5.02 Å². The summed E-state index contributed by atoms with van der Waals surface area (Å²) in [5.41, 5.74) is 2.18. The summed E-state index contributed by atoms with van der Waals surface area (Å²) >= 11 is 7.96. The molecule has 2 amide bonds. The third-order valence-corrected chi connectivity index (χ3v) is 6.72. The number of carbonyl (C=O) groups excluding carboxylic acids is 2. The standard InChI is InChI=1S/C24H25ClN2O2S/c1-2-3-12-20(14-19-11-7-8-13-21(19)25)26-22(28)16-27-23(29)15-24(27)30-17-18-9-5-4-6-10-18/h1,4-11,13,20,24H,3,12,14-17H2,(H,26,28). The summed E-state index contributed by atoms with van der Waals surface area (Å²) < 4.78 is 0. The van der Waals surface area contributed by atoms with E-state index in [4.69, 9.17) is 18.0 Å². The highest BCUT2D eigenvalue weighted by molar-refractivity contribution is 7.99. The van der Waals surface area contributed by atoms with E-state index in [1.807, 2.05) is 42.5 Å². The van der Waals surface area contributed by atoms with Gasteiger partial charge >= 0.3 is 0 Å². The number of nitrogens with zero attached hydrogens (tertiary/aromatic N) is 1. The van der Waals surface area contributed by atoms with Gasteiger partial charge in [0.1, 0.15) is 6.54 Å². The first-order valence-electron chi connectivity index (χ1n) is 9.98. The average molecular weight is 441 g/mol. The fourth-order valence-corrected chi connectivity index (χ4v) is 4.79. The van der Waals surface area contributed by atoms with E-state index in [1.54, 1.807) is 16.7 Å². The number of nitrogens with one attached hydrogen (secondary N) is 1. The Morgan fingerprint density at radius 1 is 1.23 bits per heavy atom. The highest BCUT2D eigenvalue weighted by atomic mass is 35.5. The molecule has 1 aliphatic rings. The molecule has 30 heavy (non-hydrogen) atoms. The fourth-order valence-electron chi connectivity index (χ4n) is 3.37. The predicted octanol–water partition coefficient (Wildman–Crippen LogP) is 4.27. The molecule has 2 aromatic rings. The van der Waals surface area contributed by atoms with Crippen LogP contribution < -0.4 is 5.32 Å². The van der Waals surface area contributed by atoms with Crippen molar-refractivity contribution in [2.45, 2.75) is 42.9 Å². The van der Waals surface area contributed by atoms with Crippen molar-refractivity contribution >= 4 is 35.2 Å². The van der Waals surface area contributed by atoms with Crippen LogP contribution in [0.4, 0.5) is 0 Å². The molecule has 1 aliphatic heterocycles. The number of rotatable bonds is 10. The molecular weight excluding hydrogens is 416 g/mol. The number of hydrogen-bond donors (Lipinski definition) is 1. The van der Waals surface area contributed by atoms with Crippen LogP contribution >= 0.6 is 23.4 Å². The van der Waals surface area contributed by atoms with Crippen molar-refractivity contribution in [2.75, 3.05) is 6.54 Å². The number of halogens is 1. The Labute approximate surface area is 187 Å². The minimum Gasteiger partial charge on any atom is -0.351 e. The fraction of sp³-hybridized carbons (Fsp3) is 0.333. The maximum atomic E-state index is 12.7. The molecule has 0 aliphatic carbocycles. The zero-order valence-corrected chi connectivity index (χ0v) is 18.3. The molecule has 6 heteroatoms. The first kappa shape index (κ1) is 22.3. The van der Waals surface area contributed by atoms with Gasteiger partial charge in [0.15, 0.2) is 0 Å². The van der Waals surface area contributed by atoms with Gasteiger partial charge in [0.25, 0.3) is 0 Å². The minimum absolute atomic E-state index is 0.0157. The zero-order valence-electron chi connectivity index (χ0n) is 16.7. The molecule has 1 saturated heterocycles. The average Bonchev–Trinajstić information content (AvgIpc) is 2.75. The summed E-state index contributed by atoms with van der Waals surface area (Å²) in [6, 6.07) is 17.6. The van der Waals surface area contributed by atoms with E-state index in [2.05, 4.69) is 23.4 Å². The van der Waals surface area contributed by atoms with Gasteiger partial charge in [0.05, 0.1) is 11.8 Å². The monoisotopic (exact) mass is 440 g/mol. The number of terminal acetylenes is 1. The Morgan fingerprint density at radius 3 is 2.67 bits per heavy atom. The summed E-state index contributed by atoms with van der Waals surface area (Å²) in [4.78, 5) is 26.4. The molecule has 1 heterocycles. The number of amides is 2. The summed E-state index contributed by atoms with van der Waals surface area (Å²) in [7, 11) is 0. The summed E-state index contributed by atoms with van der Waals surface area (Å²) in [5.74, 6) is 3.29. The molecule has 0 spiro atoms. The molecule has 0 saturated carbocycles. The molecule has 4 nitrogen and oxygen atoms in total. The zero-order chi connectivity index (χ0) is 21.3. The number of thioether (sulfide) groups is 1. The quantitative estimate of drug-likeness (QED) is 0.443. The van der Waals surface area contributed by atoms with E-state index in [-0.39, 0.29) is 29.8 Å². The molecule has 3 rings (SSSR count). The number of β-lactam (4-membered cyclic amide) rings is 1. The maximum Gasteiger partial charge on any atom is 0.239 e. The smallest absolute Gasteiger partial charge is 0.239 e. The van der Waals surface area contributed by atoms with Crippen LogP contribution in [-0.4, -0.2) is 34.7 Å². The van der Waals surface area contributed by atoms with Crippen LogP contribution in [0.15, 0.2) is 54.6 Å². The first-order valence-corrected chi connectivity index (χ1v) is 11.4. The van der Waals surface area contributed by atoms with Crippen LogP contribution in [-0.2, 0) is 21.8 Å². The summed E-state index contributed by atoms with van der Waals surface area (Å²) in [6.45, 7) is 0.0698. The molecule has 2 atom stereocenters. The molecule has 156 valence electrons. The van der Waals surface area contributed by atoms with E-state index >= 15 is 0 Å². The lowest BCUT2D eigenvalue weighted by molar-refractivity contribution is -0.145. The van der Waals surface area contributed by atoms with Crippen molar-refractivity contribution in [2.24, 2.45) is 0 Å². The first-order chi connectivity index (χ1) is 14.6. The second kappa shape index (κ2) is 11.1. The third kappa shape index (κ3) is 6.29. The molecule has 0 aromatic heterocycles. The minimum atomic E-state index is -0.164. The van der Waals surface area contributed by atoms with Gasteiger partial charge in [0, 0.05) is 23.2 Å². The molecule has 1 fully saturated rings. The lowest BCUT2D eigenvalue weighted by atomic mass is 10.0. The third-order valence-electron chi connectivity index (χ3n) is 5.04. The van der Waals surface area contributed by atoms with Gasteiger partial charge in [-0.05, 0) is 30.0 Å². The van der Waals surface area contributed by atoms with Gasteiger partial charge < -0.3 is 10.2 Å². The second-order valence-corrected chi connectivity index (χ2v) is 8.85. The van der Waals surface area contributed by atoms with Crippen molar-refractivity contribution in [1.82, 2.24) is 10.2 Å². The van der Waals surface area contributed by atoms with Crippen LogP contribution in [0.1, 0.15) is 30.4 Å². The molecule has 2 aromatic carbocycles. The Hall–Kier alpha value is -2.42. The molecule has 0 bridgehead atoms. The topological polar surface area (TPSA) is 49.4 Å². The Morgan fingerprint density at radius 2 is 1.97 bits per heavy atom. The van der Waals surface area contributed by atoms with Crippen molar-refractivity contribution in [1.29, 1.82) is 0 Å². The van der Waals surface area contributed by atoms with Gasteiger partial charge in [-0.25, -0.2) is 0 Å². The van der Waals surface area contributed by atoms with Crippen molar-refractivity contribution in [3.8, 4) is 12.3 Å². The lowest BCUT2D eigenvalue weighted by Gasteiger charge is -2.39. The van der Waals surface area contributed by atoms with E-state index in [9.17, 15) is 9.59 Å². The number of hydrogen-bond acceptors (Lipinski definition) is 3. The number of likely N-dealkylation sites (tertiary alicyclic amines) is 1. The van der Waals surface area contributed by atoms with Crippen LogP contribution in [0, 0.1) is 12.3 Å². The SMILES string of the molecule is C#CCCC(Cc1ccccc1Cl)NC(=O)CN1C(=O)CC1SCc1ccccc1. The molecule has 0 radical (unpaired) electrons. The Balaban J connectivity index is 1.53. The van der Waals surface area contributed by atoms with Gasteiger partial charge in [0.2, 0.25) is 11.8 Å². The van der Waals surface area contributed by atoms with Gasteiger partial charge in [-0.3, -0.25) is 9.59 Å². The normalized spacial score (nSPS) is 16.5. The highest BCUT2D eigenvalue weighted by Gasteiger charge is 2.37. The maximum absolute atomic E-state index is 12.7. The van der Waals surface area contributed by atoms with Gasteiger partial charge in [-0.15, -0.1) is 24.1 Å². The number of benzene rings is 2. The molecular formula is C24H25ClN2O2S.